The Balaban J connectivity index is 1.50. The molecule has 36 heavy (non-hydrogen) atoms. The lowest BCUT2D eigenvalue weighted by molar-refractivity contribution is -0.122. The first-order chi connectivity index (χ1) is 17.3. The quantitative estimate of drug-likeness (QED) is 0.457. The molecule has 0 bridgehead atoms. The minimum atomic E-state index is -0.786. The van der Waals surface area contributed by atoms with Crippen LogP contribution in [-0.4, -0.2) is 48.4 Å². The monoisotopic (exact) mass is 505 g/mol. The second-order valence-corrected chi connectivity index (χ2v) is 10.3. The molecular formula is C27H27N3O5S. The highest BCUT2D eigenvalue weighted by Gasteiger charge is 2.35. The fraction of sp³-hybridized carbons (Fsp3) is 0.333. The summed E-state index contributed by atoms with van der Waals surface area (Å²) >= 11 is 1.61. The number of ketones is 1. The van der Waals surface area contributed by atoms with Crippen LogP contribution < -0.4 is 19.3 Å². The molecule has 3 aromatic rings. The molecule has 1 aromatic heterocycles. The van der Waals surface area contributed by atoms with Crippen LogP contribution in [0.2, 0.25) is 0 Å². The average Bonchev–Trinajstić information content (AvgIpc) is 3.22. The van der Waals surface area contributed by atoms with Crippen LogP contribution in [0.4, 0.5) is 11.4 Å². The van der Waals surface area contributed by atoms with E-state index < -0.39 is 6.04 Å². The van der Waals surface area contributed by atoms with Gasteiger partial charge < -0.3 is 14.4 Å². The van der Waals surface area contributed by atoms with E-state index in [9.17, 15) is 14.4 Å². The second-order valence-electron chi connectivity index (χ2n) is 8.93. The van der Waals surface area contributed by atoms with E-state index in [2.05, 4.69) is 4.98 Å². The first kappa shape index (κ1) is 24.0. The molecule has 0 aliphatic carbocycles. The Kier molecular flexibility index (Phi) is 6.26. The van der Waals surface area contributed by atoms with Gasteiger partial charge in [0.15, 0.2) is 19.0 Å². The highest BCUT2D eigenvalue weighted by Crippen LogP contribution is 2.39. The smallest absolute Gasteiger partial charge is 0.265 e. The zero-order valence-corrected chi connectivity index (χ0v) is 21.5. The number of thiazole rings is 1. The van der Waals surface area contributed by atoms with Crippen LogP contribution in [0.25, 0.3) is 11.3 Å². The predicted octanol–water partition coefficient (Wildman–Crippen LogP) is 4.56. The number of anilines is 2. The van der Waals surface area contributed by atoms with E-state index in [0.29, 0.717) is 35.0 Å². The number of ether oxygens (including phenoxy) is 2. The number of carbonyl (C=O) groups is 3. The van der Waals surface area contributed by atoms with Crippen molar-refractivity contribution >= 4 is 40.3 Å². The molecule has 1 atom stereocenters. The van der Waals surface area contributed by atoms with Crippen molar-refractivity contribution in [3.8, 4) is 22.8 Å². The van der Waals surface area contributed by atoms with Crippen LogP contribution >= 0.6 is 11.3 Å². The van der Waals surface area contributed by atoms with Gasteiger partial charge in [0.1, 0.15) is 11.5 Å². The van der Waals surface area contributed by atoms with E-state index in [0.717, 1.165) is 27.6 Å². The summed E-state index contributed by atoms with van der Waals surface area (Å²) in [6, 6.07) is 9.90. The summed E-state index contributed by atoms with van der Waals surface area (Å²) in [6.07, 6.45) is 0.777. The lowest BCUT2D eigenvalue weighted by Gasteiger charge is -2.34. The third-order valence-electron chi connectivity index (χ3n) is 6.42. The number of aryl methyl sites for hydroxylation is 2. The summed E-state index contributed by atoms with van der Waals surface area (Å²) < 4.78 is 11.2. The van der Waals surface area contributed by atoms with E-state index in [1.165, 1.54) is 4.90 Å². The van der Waals surface area contributed by atoms with Crippen LogP contribution in [-0.2, 0) is 9.59 Å². The number of aromatic nitrogens is 1. The molecular weight excluding hydrogens is 478 g/mol. The zero-order chi connectivity index (χ0) is 25.6. The summed E-state index contributed by atoms with van der Waals surface area (Å²) in [6.45, 7) is 8.05. The van der Waals surface area contributed by atoms with Crippen LogP contribution in [0.5, 0.6) is 11.5 Å². The Labute approximate surface area is 213 Å². The Morgan fingerprint density at radius 1 is 1.03 bits per heavy atom. The highest BCUT2D eigenvalue weighted by atomic mass is 32.1. The average molecular weight is 506 g/mol. The fourth-order valence-corrected chi connectivity index (χ4v) is 5.56. The van der Waals surface area contributed by atoms with Gasteiger partial charge in [-0.3, -0.25) is 19.3 Å². The Hall–Kier alpha value is -3.72. The third kappa shape index (κ3) is 4.13. The number of rotatable bonds is 6. The second kappa shape index (κ2) is 9.39. The number of hydrogen-bond acceptors (Lipinski definition) is 7. The van der Waals surface area contributed by atoms with E-state index in [-0.39, 0.29) is 30.8 Å². The number of benzene rings is 2. The van der Waals surface area contributed by atoms with Gasteiger partial charge in [-0.25, -0.2) is 4.98 Å². The topological polar surface area (TPSA) is 89.0 Å². The number of hydrogen-bond donors (Lipinski definition) is 0. The molecule has 0 spiro atoms. The number of nitrogens with zero attached hydrogens (tertiary/aromatic N) is 3. The third-order valence-corrected chi connectivity index (χ3v) is 7.30. The molecule has 1 unspecified atom stereocenters. The summed E-state index contributed by atoms with van der Waals surface area (Å²) in [7, 11) is 0. The summed E-state index contributed by atoms with van der Waals surface area (Å²) in [5.41, 5.74) is 3.24. The zero-order valence-electron chi connectivity index (χ0n) is 20.7. The maximum absolute atomic E-state index is 13.7. The standard InChI is InChI=1S/C27H27N3O5S/c1-5-10-29-20-12-19(7-9-22(20)34-13-24(29)31)27(33)15(2)30-21-11-18(26-16(3)36-17(4)28-26)6-8-23(21)35-14-25(30)32/h6-9,11-12,15H,5,10,13-14H2,1-4H3. The molecule has 9 heteroatoms. The molecule has 0 fully saturated rings. The minimum absolute atomic E-state index is 0.0178. The lowest BCUT2D eigenvalue weighted by atomic mass is 10.00. The van der Waals surface area contributed by atoms with Crippen molar-refractivity contribution in [2.45, 2.75) is 40.2 Å². The number of carbonyl (C=O) groups excluding carboxylic acids is 3. The number of Topliss-reactive ketones (excluding diaryl/α,β-unsaturated/α-hetero) is 1. The molecule has 186 valence electrons. The molecule has 0 radical (unpaired) electrons. The summed E-state index contributed by atoms with van der Waals surface area (Å²) in [5.74, 6) is 0.439. The van der Waals surface area contributed by atoms with Crippen molar-refractivity contribution in [3.63, 3.8) is 0 Å². The molecule has 2 amide bonds. The Morgan fingerprint density at radius 2 is 1.72 bits per heavy atom. The van der Waals surface area contributed by atoms with Crippen LogP contribution in [0.3, 0.4) is 0 Å². The fourth-order valence-electron chi connectivity index (χ4n) is 4.72. The maximum Gasteiger partial charge on any atom is 0.265 e. The summed E-state index contributed by atoms with van der Waals surface area (Å²) in [4.78, 5) is 48.0. The van der Waals surface area contributed by atoms with Crippen LogP contribution in [0.1, 0.15) is 40.5 Å². The highest BCUT2D eigenvalue weighted by molar-refractivity contribution is 7.11. The first-order valence-electron chi connectivity index (χ1n) is 11.9. The van der Waals surface area contributed by atoms with E-state index in [1.54, 1.807) is 41.4 Å². The normalized spacial score (nSPS) is 15.7. The van der Waals surface area contributed by atoms with E-state index in [4.69, 9.17) is 9.47 Å². The molecule has 0 saturated carbocycles. The van der Waals surface area contributed by atoms with Crippen molar-refractivity contribution in [1.29, 1.82) is 0 Å². The van der Waals surface area contributed by atoms with Crippen molar-refractivity contribution in [1.82, 2.24) is 4.98 Å². The molecule has 2 aliphatic heterocycles. The van der Waals surface area contributed by atoms with Gasteiger partial charge in [0, 0.05) is 22.5 Å². The van der Waals surface area contributed by atoms with Gasteiger partial charge in [-0.1, -0.05) is 6.92 Å². The lowest BCUT2D eigenvalue weighted by Crippen LogP contribution is -2.48. The van der Waals surface area contributed by atoms with Crippen LogP contribution in [0.15, 0.2) is 36.4 Å². The van der Waals surface area contributed by atoms with E-state index in [1.807, 2.05) is 39.0 Å². The van der Waals surface area contributed by atoms with Gasteiger partial charge in [0.2, 0.25) is 0 Å². The van der Waals surface area contributed by atoms with Gasteiger partial charge in [0.05, 0.1) is 28.1 Å². The number of amides is 2. The first-order valence-corrected chi connectivity index (χ1v) is 12.7. The molecule has 0 N–H and O–H groups in total. The summed E-state index contributed by atoms with van der Waals surface area (Å²) in [5, 5.41) is 0.958. The predicted molar refractivity (Wildman–Crippen MR) is 138 cm³/mol. The van der Waals surface area contributed by atoms with Gasteiger partial charge in [-0.2, -0.15) is 0 Å². The maximum atomic E-state index is 13.7. The largest absolute Gasteiger partial charge is 0.482 e. The molecule has 2 aliphatic rings. The van der Waals surface area contributed by atoms with Crippen LogP contribution in [0, 0.1) is 13.8 Å². The van der Waals surface area contributed by atoms with Gasteiger partial charge in [-0.05, 0) is 63.6 Å². The van der Waals surface area contributed by atoms with Crippen molar-refractivity contribution in [3.05, 3.63) is 51.8 Å². The Morgan fingerprint density at radius 3 is 2.42 bits per heavy atom. The molecule has 8 nitrogen and oxygen atoms in total. The van der Waals surface area contributed by atoms with Gasteiger partial charge >= 0.3 is 0 Å². The minimum Gasteiger partial charge on any atom is -0.482 e. The SMILES string of the molecule is CCCN1C(=O)COc2ccc(C(=O)C(C)N3C(=O)COc4ccc(-c5nc(C)sc5C)cc43)cc21. The molecule has 0 saturated heterocycles. The number of fused-ring (bicyclic) bond motifs is 2. The van der Waals surface area contributed by atoms with Crippen molar-refractivity contribution in [2.24, 2.45) is 0 Å². The van der Waals surface area contributed by atoms with E-state index >= 15 is 0 Å². The molecule has 5 rings (SSSR count). The van der Waals surface area contributed by atoms with Crippen molar-refractivity contribution < 1.29 is 23.9 Å². The van der Waals surface area contributed by atoms with Gasteiger partial charge in [0.25, 0.3) is 11.8 Å². The Bertz CT molecular complexity index is 1380. The van der Waals surface area contributed by atoms with Gasteiger partial charge in [-0.15, -0.1) is 11.3 Å². The molecule has 2 aromatic carbocycles. The molecule has 3 heterocycles. The van der Waals surface area contributed by atoms with Crippen molar-refractivity contribution in [2.75, 3.05) is 29.6 Å².